The van der Waals surface area contributed by atoms with Gasteiger partial charge in [0.15, 0.2) is 29.6 Å². The fourth-order valence-electron chi connectivity index (χ4n) is 9.68. The van der Waals surface area contributed by atoms with Crippen molar-refractivity contribution < 1.29 is 60.0 Å². The van der Waals surface area contributed by atoms with E-state index in [2.05, 4.69) is 45.4 Å². The van der Waals surface area contributed by atoms with Gasteiger partial charge in [-0.25, -0.2) is 19.6 Å². The first-order valence-electron chi connectivity index (χ1n) is 24.7. The highest BCUT2D eigenvalue weighted by Crippen LogP contribution is 2.46. The van der Waals surface area contributed by atoms with Gasteiger partial charge in [0.2, 0.25) is 11.8 Å². The van der Waals surface area contributed by atoms with E-state index in [0.717, 1.165) is 43.5 Å². The number of benzene rings is 2. The van der Waals surface area contributed by atoms with Gasteiger partial charge in [-0.15, -0.1) is 0 Å². The molecular formula is C51H48Cl2F6N12O7. The van der Waals surface area contributed by atoms with Crippen LogP contribution in [0.1, 0.15) is 43.2 Å². The van der Waals surface area contributed by atoms with Gasteiger partial charge in [-0.05, 0) is 68.5 Å². The van der Waals surface area contributed by atoms with E-state index in [9.17, 15) is 35.9 Å². The summed E-state index contributed by atoms with van der Waals surface area (Å²) in [5, 5.41) is 14.7. The van der Waals surface area contributed by atoms with Crippen LogP contribution in [-0.4, -0.2) is 125 Å². The normalized spacial score (nSPS) is 18.4. The molecule has 4 aromatic heterocycles. The van der Waals surface area contributed by atoms with Crippen LogP contribution in [0.5, 0.6) is 11.8 Å². The van der Waals surface area contributed by atoms with Crippen LogP contribution in [0.25, 0.3) is 22.5 Å². The maximum Gasteiger partial charge on any atom is 0.416 e. The highest BCUT2D eigenvalue weighted by Gasteiger charge is 2.43. The molecular weight excluding hydrogens is 1080 g/mol. The van der Waals surface area contributed by atoms with Gasteiger partial charge in [0, 0.05) is 43.9 Å². The van der Waals surface area contributed by atoms with E-state index in [1.807, 2.05) is 4.90 Å². The van der Waals surface area contributed by atoms with E-state index >= 15 is 0 Å². The number of halogens is 8. The van der Waals surface area contributed by atoms with Gasteiger partial charge in [-0.1, -0.05) is 47.5 Å². The Morgan fingerprint density at radius 1 is 0.654 bits per heavy atom. The standard InChI is InChI=1S/C28H28ClF3N6O4.C23H20ClF3N6O3/c29-20-13-21-26(36-25(20)17-4-3-5-18(12-17)28(30,31)32)38(19-7-8-37(21)16-19)27(39)35-22-14-33-15-23(34-22)40-10-11-42-24-6-1-2-9-41-24;24-16-9-17-21(31-20(16)13-2-1-3-14(8-13)23(25,26)27)33(15-4-5-32(17)12-15)22(35)30-18-10-28-11-19(29-18)36-7-6-34/h3-5,12-15,19,24H,1-2,6-11,16H2,(H,34,35,39);1-3,8-11,15,34H,4-7,12H2,(H,29,30,35)/t19-,24?;15-/m00/s1. The zero-order valence-corrected chi connectivity index (χ0v) is 42.6. The van der Waals surface area contributed by atoms with Gasteiger partial charge in [-0.3, -0.25) is 30.4 Å². The molecule has 78 heavy (non-hydrogen) atoms. The lowest BCUT2D eigenvalue weighted by Crippen LogP contribution is -2.48. The number of aliphatic hydroxyl groups is 1. The molecule has 3 fully saturated rings. The molecule has 2 aromatic carbocycles. The molecule has 27 heteroatoms. The van der Waals surface area contributed by atoms with E-state index in [0.29, 0.717) is 75.2 Å². The molecule has 11 rings (SSSR count). The summed E-state index contributed by atoms with van der Waals surface area (Å²) < 4.78 is 102. The molecule has 19 nitrogen and oxygen atoms in total. The molecule has 6 aromatic rings. The molecule has 0 aliphatic carbocycles. The quantitative estimate of drug-likeness (QED) is 0.0770. The summed E-state index contributed by atoms with van der Waals surface area (Å²) in [6.45, 7) is 3.53. The van der Waals surface area contributed by atoms with Crippen molar-refractivity contribution in [3.05, 3.63) is 107 Å². The second kappa shape index (κ2) is 22.9. The average Bonchev–Trinajstić information content (AvgIpc) is 4.26. The molecule has 0 saturated carbocycles. The second-order valence-electron chi connectivity index (χ2n) is 18.4. The largest absolute Gasteiger partial charge is 0.474 e. The number of ether oxygens (including phenoxy) is 4. The van der Waals surface area contributed by atoms with Crippen molar-refractivity contribution in [1.82, 2.24) is 29.9 Å². The van der Waals surface area contributed by atoms with Gasteiger partial charge in [0.05, 0.1) is 94.0 Å². The summed E-state index contributed by atoms with van der Waals surface area (Å²) in [6, 6.07) is 11.4. The van der Waals surface area contributed by atoms with Gasteiger partial charge >= 0.3 is 24.4 Å². The van der Waals surface area contributed by atoms with Crippen molar-refractivity contribution in [3.8, 4) is 34.3 Å². The molecule has 5 aliphatic rings. The predicted molar refractivity (Wildman–Crippen MR) is 275 cm³/mol. The first-order chi connectivity index (χ1) is 37.5. The van der Waals surface area contributed by atoms with Crippen LogP contribution >= 0.6 is 23.2 Å². The van der Waals surface area contributed by atoms with Gasteiger partial charge in [-0.2, -0.15) is 36.3 Å². The first-order valence-corrected chi connectivity index (χ1v) is 25.5. The van der Waals surface area contributed by atoms with Crippen LogP contribution in [0, 0.1) is 0 Å². The van der Waals surface area contributed by atoms with Crippen LogP contribution in [0.15, 0.2) is 85.5 Å². The van der Waals surface area contributed by atoms with Crippen molar-refractivity contribution in [2.75, 3.05) is 89.4 Å². The molecule has 3 saturated heterocycles. The maximum absolute atomic E-state index is 13.6. The molecule has 3 N–H and O–H groups in total. The van der Waals surface area contributed by atoms with Gasteiger partial charge in [0.25, 0.3) is 0 Å². The number of aromatic nitrogens is 6. The van der Waals surface area contributed by atoms with Crippen molar-refractivity contribution >= 4 is 69.9 Å². The zero-order chi connectivity index (χ0) is 54.7. The molecule has 4 amide bonds. The molecule has 9 heterocycles. The fraction of sp³-hybridized carbons (Fsp3) is 0.373. The summed E-state index contributed by atoms with van der Waals surface area (Å²) in [7, 11) is 0. The van der Waals surface area contributed by atoms with Crippen LogP contribution in [0.2, 0.25) is 10.0 Å². The van der Waals surface area contributed by atoms with Crippen molar-refractivity contribution in [1.29, 1.82) is 0 Å². The van der Waals surface area contributed by atoms with E-state index in [4.69, 9.17) is 47.3 Å². The Morgan fingerprint density at radius 2 is 1.15 bits per heavy atom. The number of hydrogen-bond acceptors (Lipinski definition) is 15. The number of rotatable bonds is 12. The number of fused-ring (bicyclic) bond motifs is 8. The molecule has 1 unspecified atom stereocenters. The molecule has 5 aliphatic heterocycles. The number of amides is 4. The lowest BCUT2D eigenvalue weighted by Gasteiger charge is -2.36. The molecule has 3 atom stereocenters. The average molecular weight is 1130 g/mol. The summed E-state index contributed by atoms with van der Waals surface area (Å²) in [5.41, 5.74) is 0.278. The Morgan fingerprint density at radius 3 is 1.62 bits per heavy atom. The number of alkyl halides is 6. The van der Waals surface area contributed by atoms with E-state index < -0.39 is 35.5 Å². The summed E-state index contributed by atoms with van der Waals surface area (Å²) in [6.07, 6.45) is 0.549. The number of urea groups is 2. The highest BCUT2D eigenvalue weighted by molar-refractivity contribution is 6.34. The Bertz CT molecular complexity index is 3180. The Hall–Kier alpha value is -7.32. The van der Waals surface area contributed by atoms with Crippen molar-refractivity contribution in [2.45, 2.75) is 62.8 Å². The highest BCUT2D eigenvalue weighted by atomic mass is 35.5. The zero-order valence-electron chi connectivity index (χ0n) is 41.1. The number of nitrogens with zero attached hydrogens (tertiary/aromatic N) is 10. The Balaban J connectivity index is 0.000000179. The lowest BCUT2D eigenvalue weighted by atomic mass is 10.1. The third-order valence-electron chi connectivity index (χ3n) is 13.2. The fourth-order valence-corrected chi connectivity index (χ4v) is 10.2. The predicted octanol–water partition coefficient (Wildman–Crippen LogP) is 9.98. The number of carbonyl (C=O) groups excluding carboxylic acids is 2. The minimum atomic E-state index is -4.52. The Kier molecular flexibility index (Phi) is 15.9. The van der Waals surface area contributed by atoms with Gasteiger partial charge in [0.1, 0.15) is 13.2 Å². The van der Waals surface area contributed by atoms with Crippen molar-refractivity contribution in [3.63, 3.8) is 0 Å². The first kappa shape index (κ1) is 54.1. The van der Waals surface area contributed by atoms with E-state index in [-0.39, 0.29) is 94.2 Å². The smallest absolute Gasteiger partial charge is 0.416 e. The Labute approximate surface area is 451 Å². The van der Waals surface area contributed by atoms with E-state index in [1.54, 1.807) is 12.1 Å². The summed E-state index contributed by atoms with van der Waals surface area (Å²) in [4.78, 5) is 59.9. The van der Waals surface area contributed by atoms with Gasteiger partial charge < -0.3 is 33.9 Å². The third kappa shape index (κ3) is 12.0. The molecule has 0 spiro atoms. The minimum Gasteiger partial charge on any atom is -0.474 e. The topological polar surface area (TPSA) is 206 Å². The summed E-state index contributed by atoms with van der Waals surface area (Å²) >= 11 is 13.0. The summed E-state index contributed by atoms with van der Waals surface area (Å²) in [5.74, 6) is 1.24. The number of pyridine rings is 2. The maximum atomic E-state index is 13.6. The van der Waals surface area contributed by atoms with E-state index in [1.165, 1.54) is 58.9 Å². The number of carbonyl (C=O) groups is 2. The van der Waals surface area contributed by atoms with Crippen molar-refractivity contribution in [2.24, 2.45) is 0 Å². The number of aliphatic hydroxyl groups excluding tert-OH is 1. The molecule has 0 radical (unpaired) electrons. The van der Waals surface area contributed by atoms with Crippen LogP contribution in [-0.2, 0) is 21.8 Å². The molecule has 4 bridgehead atoms. The number of nitrogens with one attached hydrogen (secondary N) is 2. The minimum absolute atomic E-state index is 0.0203. The monoisotopic (exact) mass is 1120 g/mol. The number of anilines is 6. The van der Waals surface area contributed by atoms with Crippen LogP contribution < -0.4 is 39.7 Å². The second-order valence-corrected chi connectivity index (χ2v) is 19.2. The van der Waals surface area contributed by atoms with Crippen LogP contribution in [0.3, 0.4) is 0 Å². The van der Waals surface area contributed by atoms with Crippen LogP contribution in [0.4, 0.5) is 70.6 Å². The molecule has 410 valence electrons. The lowest BCUT2D eigenvalue weighted by molar-refractivity contribution is -0.165. The third-order valence-corrected chi connectivity index (χ3v) is 13.8. The SMILES string of the molecule is O=C(Nc1cncc(OCCO)n1)N1c2nc(-c3cccc(C(F)(F)F)c3)c(Cl)cc2N2CC[C@H]1C2.O=C(Nc1cncc(OCCOC2CCCCO2)n1)N1c2nc(-c3cccc(C(F)(F)F)c3)c(Cl)cc2N2CC[C@H]1C2. The number of hydrogen-bond donors (Lipinski definition) is 3.